The van der Waals surface area contributed by atoms with Gasteiger partial charge in [-0.15, -0.1) is 0 Å². The van der Waals surface area contributed by atoms with Gasteiger partial charge < -0.3 is 23.9 Å². The number of hydrogen-bond donors (Lipinski definition) is 1. The Labute approximate surface area is 190 Å². The fourth-order valence-electron chi connectivity index (χ4n) is 3.29. The van der Waals surface area contributed by atoms with Crippen molar-refractivity contribution in [3.8, 4) is 28.9 Å². The zero-order chi connectivity index (χ0) is 23.2. The van der Waals surface area contributed by atoms with Crippen molar-refractivity contribution in [1.82, 2.24) is 25.1 Å². The second kappa shape index (κ2) is 9.96. The number of rotatable bonds is 9. The number of benzene rings is 1. The molecule has 0 aliphatic heterocycles. The molecule has 0 unspecified atom stereocenters. The van der Waals surface area contributed by atoms with Gasteiger partial charge in [0.25, 0.3) is 11.9 Å². The van der Waals surface area contributed by atoms with Crippen LogP contribution < -0.4 is 14.8 Å². The van der Waals surface area contributed by atoms with Crippen molar-refractivity contribution in [2.75, 3.05) is 21.3 Å². The van der Waals surface area contributed by atoms with E-state index in [0.29, 0.717) is 46.7 Å². The number of nitrogens with one attached hydrogen (secondary N) is 1. The molecule has 0 aliphatic rings. The Hall–Kier alpha value is -4.18. The maximum Gasteiger partial charge on any atom is 0.255 e. The molecule has 4 rings (SSSR count). The molecule has 1 N–H and O–H groups in total. The lowest BCUT2D eigenvalue weighted by Gasteiger charge is -2.11. The van der Waals surface area contributed by atoms with Crippen molar-refractivity contribution in [1.29, 1.82) is 0 Å². The lowest BCUT2D eigenvalue weighted by molar-refractivity contribution is 0.0945. The standard InChI is InChI=1S/C23H23N5O5/c1-30-14-18-16(22(29)25-12-15-6-7-20(31-2)21(11-15)32-3)13-26-28(18)23-24-9-8-17(27-23)19-5-4-10-33-19/h4-11,13H,12,14H2,1-3H3,(H,25,29). The third-order valence-electron chi connectivity index (χ3n) is 4.90. The molecule has 0 spiro atoms. The second-order valence-corrected chi connectivity index (χ2v) is 6.94. The highest BCUT2D eigenvalue weighted by atomic mass is 16.5. The van der Waals surface area contributed by atoms with E-state index in [1.54, 1.807) is 58.1 Å². The van der Waals surface area contributed by atoms with Gasteiger partial charge in [0.1, 0.15) is 5.69 Å². The fourth-order valence-corrected chi connectivity index (χ4v) is 3.29. The van der Waals surface area contributed by atoms with Gasteiger partial charge in [-0.2, -0.15) is 9.78 Å². The van der Waals surface area contributed by atoms with Crippen molar-refractivity contribution < 1.29 is 23.4 Å². The van der Waals surface area contributed by atoms with E-state index in [2.05, 4.69) is 20.4 Å². The summed E-state index contributed by atoms with van der Waals surface area (Å²) in [6, 6.07) is 10.8. The number of carbonyl (C=O) groups excluding carboxylic acids is 1. The van der Waals surface area contributed by atoms with Crippen molar-refractivity contribution in [3.63, 3.8) is 0 Å². The molecule has 3 heterocycles. The maximum atomic E-state index is 13.0. The zero-order valence-electron chi connectivity index (χ0n) is 18.4. The van der Waals surface area contributed by atoms with Gasteiger partial charge in [-0.1, -0.05) is 6.07 Å². The van der Waals surface area contributed by atoms with E-state index < -0.39 is 0 Å². The highest BCUT2D eigenvalue weighted by Gasteiger charge is 2.20. The molecule has 10 nitrogen and oxygen atoms in total. The maximum absolute atomic E-state index is 13.0. The van der Waals surface area contributed by atoms with Crippen molar-refractivity contribution in [3.05, 3.63) is 71.9 Å². The van der Waals surface area contributed by atoms with Crippen LogP contribution in [-0.2, 0) is 17.9 Å². The number of carbonyl (C=O) groups is 1. The Balaban J connectivity index is 1.57. The van der Waals surface area contributed by atoms with Gasteiger partial charge in [0.2, 0.25) is 0 Å². The van der Waals surface area contributed by atoms with Crippen LogP contribution in [0.3, 0.4) is 0 Å². The highest BCUT2D eigenvalue weighted by Crippen LogP contribution is 2.27. The molecule has 1 amide bonds. The van der Waals surface area contributed by atoms with Gasteiger partial charge in [0, 0.05) is 19.9 Å². The van der Waals surface area contributed by atoms with Gasteiger partial charge in [-0.25, -0.2) is 9.97 Å². The number of hydrogen-bond acceptors (Lipinski definition) is 8. The van der Waals surface area contributed by atoms with Gasteiger partial charge in [0.05, 0.1) is 44.5 Å². The van der Waals surface area contributed by atoms with Crippen LogP contribution in [0.5, 0.6) is 11.5 Å². The molecule has 0 radical (unpaired) electrons. The number of ether oxygens (including phenoxy) is 3. The first-order chi connectivity index (χ1) is 16.1. The normalized spacial score (nSPS) is 10.8. The first-order valence-corrected chi connectivity index (χ1v) is 10.1. The average molecular weight is 449 g/mol. The predicted molar refractivity (Wildman–Crippen MR) is 118 cm³/mol. The van der Waals surface area contributed by atoms with Crippen LogP contribution in [0.4, 0.5) is 0 Å². The van der Waals surface area contributed by atoms with E-state index >= 15 is 0 Å². The summed E-state index contributed by atoms with van der Waals surface area (Å²) in [4.78, 5) is 21.8. The Kier molecular flexibility index (Phi) is 6.65. The van der Waals surface area contributed by atoms with Gasteiger partial charge >= 0.3 is 0 Å². The monoisotopic (exact) mass is 449 g/mol. The molecule has 0 aliphatic carbocycles. The summed E-state index contributed by atoms with van der Waals surface area (Å²) in [6.07, 6.45) is 4.65. The molecule has 0 atom stereocenters. The first-order valence-electron chi connectivity index (χ1n) is 10.1. The third-order valence-corrected chi connectivity index (χ3v) is 4.90. The number of aromatic nitrogens is 4. The molecule has 10 heteroatoms. The smallest absolute Gasteiger partial charge is 0.255 e. The van der Waals surface area contributed by atoms with E-state index in [9.17, 15) is 4.79 Å². The molecule has 0 saturated heterocycles. The quantitative estimate of drug-likeness (QED) is 0.415. The zero-order valence-corrected chi connectivity index (χ0v) is 18.4. The molecule has 33 heavy (non-hydrogen) atoms. The van der Waals surface area contributed by atoms with Crippen molar-refractivity contribution in [2.24, 2.45) is 0 Å². The van der Waals surface area contributed by atoms with E-state index in [4.69, 9.17) is 18.6 Å². The van der Waals surface area contributed by atoms with Crippen LogP contribution in [-0.4, -0.2) is 47.0 Å². The molecule has 3 aromatic heterocycles. The molecule has 0 saturated carbocycles. The van der Waals surface area contributed by atoms with Crippen molar-refractivity contribution >= 4 is 5.91 Å². The van der Waals surface area contributed by atoms with Crippen molar-refractivity contribution in [2.45, 2.75) is 13.2 Å². The first kappa shape index (κ1) is 22.0. The van der Waals surface area contributed by atoms with Gasteiger partial charge in [-0.3, -0.25) is 4.79 Å². The highest BCUT2D eigenvalue weighted by molar-refractivity contribution is 5.95. The Morgan fingerprint density at radius 1 is 1.12 bits per heavy atom. The van der Waals surface area contributed by atoms with Crippen LogP contribution >= 0.6 is 0 Å². The predicted octanol–water partition coefficient (Wildman–Crippen LogP) is 3.02. The minimum atomic E-state index is -0.301. The summed E-state index contributed by atoms with van der Waals surface area (Å²) in [5.74, 6) is 1.81. The minimum Gasteiger partial charge on any atom is -0.493 e. The molecule has 0 bridgehead atoms. The molecular weight excluding hydrogens is 426 g/mol. The van der Waals surface area contributed by atoms with E-state index in [1.807, 2.05) is 12.1 Å². The fraction of sp³-hybridized carbons (Fsp3) is 0.217. The van der Waals surface area contributed by atoms with Crippen LogP contribution in [0, 0.1) is 0 Å². The van der Waals surface area contributed by atoms with E-state index in [-0.39, 0.29) is 12.5 Å². The third kappa shape index (κ3) is 4.70. The number of methoxy groups -OCH3 is 3. The Morgan fingerprint density at radius 3 is 2.70 bits per heavy atom. The second-order valence-electron chi connectivity index (χ2n) is 6.94. The summed E-state index contributed by atoms with van der Waals surface area (Å²) in [7, 11) is 4.68. The molecule has 4 aromatic rings. The van der Waals surface area contributed by atoms with Crippen LogP contribution in [0.2, 0.25) is 0 Å². The van der Waals surface area contributed by atoms with E-state index in [1.165, 1.54) is 10.9 Å². The molecule has 170 valence electrons. The molecular formula is C23H23N5O5. The summed E-state index contributed by atoms with van der Waals surface area (Å²) in [6.45, 7) is 0.439. The summed E-state index contributed by atoms with van der Waals surface area (Å²) in [5, 5.41) is 7.24. The van der Waals surface area contributed by atoms with Crippen LogP contribution in [0.1, 0.15) is 21.6 Å². The number of nitrogens with zero attached hydrogens (tertiary/aromatic N) is 4. The van der Waals surface area contributed by atoms with Gasteiger partial charge in [-0.05, 0) is 35.9 Å². The van der Waals surface area contributed by atoms with E-state index in [0.717, 1.165) is 5.56 Å². The summed E-state index contributed by atoms with van der Waals surface area (Å²) < 4.78 is 22.8. The SMILES string of the molecule is COCc1c(C(=O)NCc2ccc(OC)c(OC)c2)cnn1-c1nccc(-c2ccco2)n1. The molecule has 1 aromatic carbocycles. The summed E-state index contributed by atoms with van der Waals surface area (Å²) >= 11 is 0. The Bertz CT molecular complexity index is 1240. The lowest BCUT2D eigenvalue weighted by Crippen LogP contribution is -2.24. The topological polar surface area (TPSA) is 114 Å². The minimum absolute atomic E-state index is 0.146. The van der Waals surface area contributed by atoms with Crippen LogP contribution in [0.15, 0.2) is 59.5 Å². The van der Waals surface area contributed by atoms with Gasteiger partial charge in [0.15, 0.2) is 17.3 Å². The van der Waals surface area contributed by atoms with Crippen LogP contribution in [0.25, 0.3) is 17.4 Å². The average Bonchev–Trinajstić information content (AvgIpc) is 3.53. The number of furan rings is 1. The molecule has 0 fully saturated rings. The number of amides is 1. The largest absolute Gasteiger partial charge is 0.493 e. The lowest BCUT2D eigenvalue weighted by atomic mass is 10.2. The Morgan fingerprint density at radius 2 is 1.97 bits per heavy atom. The summed E-state index contributed by atoms with van der Waals surface area (Å²) in [5.41, 5.74) is 2.35.